The number of rotatable bonds is 6. The second-order valence-electron chi connectivity index (χ2n) is 7.17. The summed E-state index contributed by atoms with van der Waals surface area (Å²) in [5.74, 6) is -1.22. The van der Waals surface area contributed by atoms with Gasteiger partial charge in [-0.15, -0.1) is 0 Å². The first-order valence-electron chi connectivity index (χ1n) is 9.59. The van der Waals surface area contributed by atoms with Gasteiger partial charge in [0.05, 0.1) is 21.5 Å². The number of nitrogens with two attached hydrogens (primary N) is 1. The highest BCUT2D eigenvalue weighted by Gasteiger charge is 2.42. The molecule has 31 heavy (non-hydrogen) atoms. The molecule has 2 atom stereocenters. The van der Waals surface area contributed by atoms with Gasteiger partial charge in [-0.05, 0) is 44.0 Å². The van der Waals surface area contributed by atoms with Crippen LogP contribution in [-0.2, 0) is 19.6 Å². The van der Waals surface area contributed by atoms with Crippen molar-refractivity contribution in [2.24, 2.45) is 5.73 Å². The van der Waals surface area contributed by atoms with Gasteiger partial charge in [0.2, 0.25) is 5.91 Å². The molecule has 3 rings (SSSR count). The van der Waals surface area contributed by atoms with Crippen molar-refractivity contribution in [3.63, 3.8) is 0 Å². The molecule has 2 aromatic rings. The van der Waals surface area contributed by atoms with Gasteiger partial charge in [-0.2, -0.15) is 0 Å². The van der Waals surface area contributed by atoms with Gasteiger partial charge < -0.3 is 10.6 Å². The molecule has 2 N–H and O–H groups in total. The van der Waals surface area contributed by atoms with Crippen LogP contribution in [0.5, 0.6) is 0 Å². The lowest BCUT2D eigenvalue weighted by molar-refractivity contribution is -0.384. The number of nitro benzene ring substituents is 1. The van der Waals surface area contributed by atoms with E-state index in [1.54, 1.807) is 18.2 Å². The van der Waals surface area contributed by atoms with Crippen LogP contribution in [-0.4, -0.2) is 48.7 Å². The van der Waals surface area contributed by atoms with Crippen molar-refractivity contribution in [2.75, 3.05) is 10.8 Å². The van der Waals surface area contributed by atoms with Gasteiger partial charge in [-0.1, -0.05) is 18.2 Å². The standard InChI is InChI=1S/C20H22N4O6S/c1-14(21)19(25)22-13-5-8-18(22)20(26)23(15-6-3-2-4-7-15)31(29,30)17-11-9-16(10-12-17)24(27)28/h2-4,6-7,9-12,14,18H,5,8,13,21H2,1H3/t14-,18-/m0/s1. The van der Waals surface area contributed by atoms with E-state index < -0.39 is 38.8 Å². The smallest absolute Gasteiger partial charge is 0.270 e. The van der Waals surface area contributed by atoms with Crippen molar-refractivity contribution >= 4 is 33.2 Å². The van der Waals surface area contributed by atoms with Crippen LogP contribution in [0.1, 0.15) is 19.8 Å². The number of carbonyl (C=O) groups is 2. The van der Waals surface area contributed by atoms with Crippen molar-refractivity contribution in [2.45, 2.75) is 36.7 Å². The molecule has 1 aliphatic heterocycles. The molecule has 10 nitrogen and oxygen atoms in total. The molecule has 11 heteroatoms. The van der Waals surface area contributed by atoms with Gasteiger partial charge in [0.25, 0.3) is 21.6 Å². The van der Waals surface area contributed by atoms with Crippen LogP contribution in [0, 0.1) is 10.1 Å². The third-order valence-electron chi connectivity index (χ3n) is 4.99. The number of non-ortho nitro benzene ring substituents is 1. The number of para-hydroxylation sites is 1. The van der Waals surface area contributed by atoms with E-state index in [1.807, 2.05) is 0 Å². The minimum Gasteiger partial charge on any atom is -0.329 e. The molecule has 1 heterocycles. The maximum absolute atomic E-state index is 13.5. The number of likely N-dealkylation sites (tertiary alicyclic amines) is 1. The second kappa shape index (κ2) is 8.82. The highest BCUT2D eigenvalue weighted by atomic mass is 32.2. The molecule has 1 fully saturated rings. The van der Waals surface area contributed by atoms with Gasteiger partial charge in [0.1, 0.15) is 6.04 Å². The molecule has 0 aromatic heterocycles. The Morgan fingerprint density at radius 3 is 2.32 bits per heavy atom. The Labute approximate surface area is 179 Å². The summed E-state index contributed by atoms with van der Waals surface area (Å²) in [6.07, 6.45) is 0.839. The van der Waals surface area contributed by atoms with Crippen LogP contribution in [0.15, 0.2) is 59.5 Å². The third-order valence-corrected chi connectivity index (χ3v) is 6.73. The molecule has 2 amide bonds. The van der Waals surface area contributed by atoms with Crippen LogP contribution in [0.3, 0.4) is 0 Å². The average molecular weight is 446 g/mol. The van der Waals surface area contributed by atoms with Crippen LogP contribution < -0.4 is 10.0 Å². The largest absolute Gasteiger partial charge is 0.329 e. The first-order valence-corrected chi connectivity index (χ1v) is 11.0. The van der Waals surface area contributed by atoms with E-state index >= 15 is 0 Å². The number of hydrogen-bond donors (Lipinski definition) is 1. The van der Waals surface area contributed by atoms with Crippen molar-refractivity contribution in [3.05, 3.63) is 64.7 Å². The Hall–Kier alpha value is -3.31. The lowest BCUT2D eigenvalue weighted by Gasteiger charge is -2.30. The third kappa shape index (κ3) is 4.42. The van der Waals surface area contributed by atoms with Crippen LogP contribution in [0.2, 0.25) is 0 Å². The Kier molecular flexibility index (Phi) is 6.37. The van der Waals surface area contributed by atoms with Gasteiger partial charge in [0.15, 0.2) is 0 Å². The summed E-state index contributed by atoms with van der Waals surface area (Å²) < 4.78 is 27.5. The summed E-state index contributed by atoms with van der Waals surface area (Å²) in [7, 11) is -4.41. The predicted octanol–water partition coefficient (Wildman–Crippen LogP) is 1.65. The Bertz CT molecular complexity index is 1090. The molecule has 164 valence electrons. The summed E-state index contributed by atoms with van der Waals surface area (Å²) in [5, 5.41) is 10.9. The summed E-state index contributed by atoms with van der Waals surface area (Å²) in [6, 6.07) is 10.2. The molecule has 0 bridgehead atoms. The van der Waals surface area contributed by atoms with Gasteiger partial charge in [-0.3, -0.25) is 19.7 Å². The van der Waals surface area contributed by atoms with E-state index in [0.717, 1.165) is 24.3 Å². The van der Waals surface area contributed by atoms with Gasteiger partial charge in [0, 0.05) is 18.7 Å². The highest BCUT2D eigenvalue weighted by Crippen LogP contribution is 2.29. The molecule has 1 saturated heterocycles. The zero-order valence-corrected chi connectivity index (χ0v) is 17.6. The number of sulfonamides is 1. The maximum Gasteiger partial charge on any atom is 0.270 e. The van der Waals surface area contributed by atoms with E-state index in [9.17, 15) is 28.1 Å². The van der Waals surface area contributed by atoms with E-state index in [4.69, 9.17) is 5.73 Å². The molecule has 1 aliphatic rings. The number of benzene rings is 2. The lowest BCUT2D eigenvalue weighted by Crippen LogP contribution is -2.52. The first-order chi connectivity index (χ1) is 14.6. The van der Waals surface area contributed by atoms with E-state index in [2.05, 4.69) is 0 Å². The monoisotopic (exact) mass is 446 g/mol. The Morgan fingerprint density at radius 2 is 1.77 bits per heavy atom. The van der Waals surface area contributed by atoms with Crippen LogP contribution >= 0.6 is 0 Å². The second-order valence-corrected chi connectivity index (χ2v) is 8.96. The zero-order chi connectivity index (χ0) is 22.8. The van der Waals surface area contributed by atoms with E-state index in [1.165, 1.54) is 24.0 Å². The number of nitrogens with zero attached hydrogens (tertiary/aromatic N) is 3. The number of nitro groups is 1. The molecule has 0 saturated carbocycles. The summed E-state index contributed by atoms with van der Waals surface area (Å²) in [5.41, 5.74) is 5.52. The van der Waals surface area contributed by atoms with Crippen LogP contribution in [0.4, 0.5) is 11.4 Å². The normalized spacial score (nSPS) is 17.2. The molecule has 0 unspecified atom stereocenters. The number of anilines is 1. The van der Waals surface area contributed by atoms with Crippen molar-refractivity contribution in [1.82, 2.24) is 4.90 Å². The predicted molar refractivity (Wildman–Crippen MR) is 113 cm³/mol. The van der Waals surface area contributed by atoms with E-state index in [-0.39, 0.29) is 16.3 Å². The Balaban J connectivity index is 2.06. The quantitative estimate of drug-likeness (QED) is 0.525. The molecule has 0 spiro atoms. The zero-order valence-electron chi connectivity index (χ0n) is 16.7. The van der Waals surface area contributed by atoms with Gasteiger partial charge >= 0.3 is 0 Å². The molecule has 2 aromatic carbocycles. The van der Waals surface area contributed by atoms with Gasteiger partial charge in [-0.25, -0.2) is 12.7 Å². The summed E-state index contributed by atoms with van der Waals surface area (Å²) >= 11 is 0. The van der Waals surface area contributed by atoms with Crippen LogP contribution in [0.25, 0.3) is 0 Å². The molecule has 0 radical (unpaired) electrons. The first kappa shape index (κ1) is 22.4. The van der Waals surface area contributed by atoms with E-state index in [0.29, 0.717) is 23.7 Å². The Morgan fingerprint density at radius 1 is 1.16 bits per heavy atom. The number of amides is 2. The highest BCUT2D eigenvalue weighted by molar-refractivity contribution is 7.93. The minimum atomic E-state index is -4.41. The molecule has 0 aliphatic carbocycles. The number of hydrogen-bond acceptors (Lipinski definition) is 7. The molecular weight excluding hydrogens is 424 g/mol. The fourth-order valence-corrected chi connectivity index (χ4v) is 4.93. The van der Waals surface area contributed by atoms with Crippen molar-refractivity contribution in [1.29, 1.82) is 0 Å². The summed E-state index contributed by atoms with van der Waals surface area (Å²) in [6.45, 7) is 1.81. The molecular formula is C20H22N4O6S. The van der Waals surface area contributed by atoms with Crippen molar-refractivity contribution < 1.29 is 22.9 Å². The SMILES string of the molecule is C[C@H](N)C(=O)N1CCC[C@H]1C(=O)N(c1ccccc1)S(=O)(=O)c1ccc([N+](=O)[O-])cc1. The average Bonchev–Trinajstić information content (AvgIpc) is 3.23. The minimum absolute atomic E-state index is 0.103. The van der Waals surface area contributed by atoms with Crippen molar-refractivity contribution in [3.8, 4) is 0 Å². The topological polar surface area (TPSA) is 144 Å². The fraction of sp³-hybridized carbons (Fsp3) is 0.300. The lowest BCUT2D eigenvalue weighted by atomic mass is 10.2. The summed E-state index contributed by atoms with van der Waals surface area (Å²) in [4.78, 5) is 37.2. The number of carbonyl (C=O) groups excluding carboxylic acids is 2. The maximum atomic E-state index is 13.5. The fourth-order valence-electron chi connectivity index (χ4n) is 3.48.